The predicted molar refractivity (Wildman–Crippen MR) is 119 cm³/mol. The van der Waals surface area contributed by atoms with Gasteiger partial charge in [0, 0.05) is 16.6 Å². The molecule has 2 amide bonds. The van der Waals surface area contributed by atoms with Crippen molar-refractivity contribution >= 4 is 34.8 Å². The average Bonchev–Trinajstić information content (AvgIpc) is 3.19. The Balaban J connectivity index is 1.41. The maximum absolute atomic E-state index is 12.2. The number of hydrogen-bond acceptors (Lipinski definition) is 6. The van der Waals surface area contributed by atoms with Gasteiger partial charge in [0.05, 0.1) is 12.1 Å². The monoisotopic (exact) mass is 437 g/mol. The number of benzene rings is 2. The summed E-state index contributed by atoms with van der Waals surface area (Å²) >= 11 is 1.33. The van der Waals surface area contributed by atoms with E-state index in [1.165, 1.54) is 11.3 Å². The minimum Gasteiger partial charge on any atom is -0.458 e. The quantitative estimate of drug-likeness (QED) is 0.527. The first kappa shape index (κ1) is 22.2. The van der Waals surface area contributed by atoms with Gasteiger partial charge in [-0.05, 0) is 38.1 Å². The molecule has 0 aliphatic rings. The molecule has 7 nitrogen and oxygen atoms in total. The molecule has 0 aliphatic carbocycles. The zero-order chi connectivity index (χ0) is 22.2. The number of thiazole rings is 1. The zero-order valence-electron chi connectivity index (χ0n) is 17.3. The van der Waals surface area contributed by atoms with Gasteiger partial charge in [0.1, 0.15) is 18.2 Å². The first-order valence-corrected chi connectivity index (χ1v) is 10.6. The number of rotatable bonds is 8. The van der Waals surface area contributed by atoms with E-state index in [2.05, 4.69) is 15.6 Å². The van der Waals surface area contributed by atoms with Gasteiger partial charge >= 0.3 is 5.97 Å². The van der Waals surface area contributed by atoms with E-state index in [4.69, 9.17) is 4.74 Å². The number of anilines is 1. The van der Waals surface area contributed by atoms with Crippen LogP contribution in [0.3, 0.4) is 0 Å². The van der Waals surface area contributed by atoms with Crippen molar-refractivity contribution in [3.8, 4) is 0 Å². The van der Waals surface area contributed by atoms with Crippen molar-refractivity contribution in [2.45, 2.75) is 26.9 Å². The van der Waals surface area contributed by atoms with E-state index < -0.39 is 5.97 Å². The molecule has 160 valence electrons. The van der Waals surface area contributed by atoms with Crippen LogP contribution in [0.2, 0.25) is 0 Å². The first-order valence-electron chi connectivity index (χ1n) is 9.69. The molecular weight excluding hydrogens is 414 g/mol. The molecule has 8 heteroatoms. The Labute approximate surface area is 184 Å². The smallest absolute Gasteiger partial charge is 0.325 e. The van der Waals surface area contributed by atoms with Gasteiger partial charge in [-0.3, -0.25) is 14.4 Å². The molecule has 0 unspecified atom stereocenters. The van der Waals surface area contributed by atoms with Crippen molar-refractivity contribution < 1.29 is 19.1 Å². The molecule has 1 heterocycles. The number of nitrogens with zero attached hydrogens (tertiary/aromatic N) is 1. The Morgan fingerprint density at radius 2 is 1.81 bits per heavy atom. The summed E-state index contributed by atoms with van der Waals surface area (Å²) in [5, 5.41) is 7.73. The zero-order valence-corrected chi connectivity index (χ0v) is 18.1. The molecule has 2 N–H and O–H groups in total. The molecule has 2 aromatic carbocycles. The van der Waals surface area contributed by atoms with Crippen molar-refractivity contribution in [3.63, 3.8) is 0 Å². The average molecular weight is 438 g/mol. The molecule has 0 bridgehead atoms. The molecule has 0 saturated carbocycles. The fraction of sp³-hybridized carbons (Fsp3) is 0.217. The molecule has 1 aromatic heterocycles. The highest BCUT2D eigenvalue weighted by atomic mass is 32.1. The highest BCUT2D eigenvalue weighted by Gasteiger charge is 2.12. The predicted octanol–water partition coefficient (Wildman–Crippen LogP) is 3.41. The molecule has 0 radical (unpaired) electrons. The molecular formula is C23H23N3O4S. The number of hydrogen-bond donors (Lipinski definition) is 2. The Morgan fingerprint density at radius 3 is 2.55 bits per heavy atom. The molecule has 3 rings (SSSR count). The first-order chi connectivity index (χ1) is 14.9. The van der Waals surface area contributed by atoms with Crippen molar-refractivity contribution in [1.82, 2.24) is 10.3 Å². The summed E-state index contributed by atoms with van der Waals surface area (Å²) in [6.45, 7) is 3.62. The van der Waals surface area contributed by atoms with Gasteiger partial charge in [0.2, 0.25) is 5.91 Å². The van der Waals surface area contributed by atoms with Crippen LogP contribution < -0.4 is 10.6 Å². The summed E-state index contributed by atoms with van der Waals surface area (Å²) < 4.78 is 5.15. The maximum atomic E-state index is 12.2. The van der Waals surface area contributed by atoms with E-state index >= 15 is 0 Å². The summed E-state index contributed by atoms with van der Waals surface area (Å²) in [6, 6.07) is 14.6. The van der Waals surface area contributed by atoms with Crippen LogP contribution in [0.4, 0.5) is 5.69 Å². The van der Waals surface area contributed by atoms with Crippen LogP contribution in [-0.4, -0.2) is 29.3 Å². The van der Waals surface area contributed by atoms with Gasteiger partial charge in [-0.15, -0.1) is 11.3 Å². The lowest BCUT2D eigenvalue weighted by Crippen LogP contribution is -2.30. The van der Waals surface area contributed by atoms with Gasteiger partial charge in [-0.25, -0.2) is 4.98 Å². The minimum absolute atomic E-state index is 0.0186. The molecule has 0 fully saturated rings. The Kier molecular flexibility index (Phi) is 7.50. The van der Waals surface area contributed by atoms with E-state index in [9.17, 15) is 14.4 Å². The van der Waals surface area contributed by atoms with Gasteiger partial charge < -0.3 is 15.4 Å². The van der Waals surface area contributed by atoms with E-state index in [-0.39, 0.29) is 31.4 Å². The molecule has 31 heavy (non-hydrogen) atoms. The largest absolute Gasteiger partial charge is 0.458 e. The summed E-state index contributed by atoms with van der Waals surface area (Å²) in [5.41, 5.74) is 3.85. The van der Waals surface area contributed by atoms with Gasteiger partial charge in [0.15, 0.2) is 0 Å². The Bertz CT molecular complexity index is 1080. The summed E-state index contributed by atoms with van der Waals surface area (Å²) in [6.07, 6.45) is 0.138. The van der Waals surface area contributed by atoms with Crippen LogP contribution in [0.5, 0.6) is 0 Å². The molecule has 0 atom stereocenters. The second kappa shape index (κ2) is 10.5. The lowest BCUT2D eigenvalue weighted by Gasteiger charge is -2.06. The van der Waals surface area contributed by atoms with E-state index in [0.29, 0.717) is 16.3 Å². The highest BCUT2D eigenvalue weighted by molar-refractivity contribution is 7.09. The molecule has 0 spiro atoms. The number of amides is 2. The molecule has 0 saturated heterocycles. The lowest BCUT2D eigenvalue weighted by atomic mass is 10.1. The van der Waals surface area contributed by atoms with E-state index in [0.717, 1.165) is 16.8 Å². The number of aromatic nitrogens is 1. The number of carbonyl (C=O) groups is 3. The fourth-order valence-corrected chi connectivity index (χ4v) is 3.50. The van der Waals surface area contributed by atoms with E-state index in [1.54, 1.807) is 23.6 Å². The number of aryl methyl sites for hydroxylation is 2. The third-order valence-electron chi connectivity index (χ3n) is 4.30. The standard InChI is InChI=1S/C23H23N3O4S/c1-15-6-8-18(9-7-15)25-20(27)11-21-26-19(14-31-21)13-30-22(28)12-24-23(29)17-5-3-4-16(2)10-17/h3-10,14H,11-13H2,1-2H3,(H,24,29)(H,25,27). The van der Waals surface area contributed by atoms with Crippen molar-refractivity contribution in [2.75, 3.05) is 11.9 Å². The maximum Gasteiger partial charge on any atom is 0.325 e. The lowest BCUT2D eigenvalue weighted by molar-refractivity contribution is -0.143. The highest BCUT2D eigenvalue weighted by Crippen LogP contribution is 2.14. The summed E-state index contributed by atoms with van der Waals surface area (Å²) in [7, 11) is 0. The van der Waals surface area contributed by atoms with Crippen molar-refractivity contribution in [3.05, 3.63) is 81.3 Å². The molecule has 3 aromatic rings. The van der Waals surface area contributed by atoms with Crippen molar-refractivity contribution in [2.24, 2.45) is 0 Å². The van der Waals surface area contributed by atoms with E-state index in [1.807, 2.05) is 44.2 Å². The van der Waals surface area contributed by atoms with Gasteiger partial charge in [0.25, 0.3) is 5.91 Å². The number of nitrogens with one attached hydrogen (secondary N) is 2. The SMILES string of the molecule is Cc1ccc(NC(=O)Cc2nc(COC(=O)CNC(=O)c3cccc(C)c3)cs2)cc1. The third-order valence-corrected chi connectivity index (χ3v) is 5.20. The fourth-order valence-electron chi connectivity index (χ4n) is 2.72. The summed E-state index contributed by atoms with van der Waals surface area (Å²) in [5.74, 6) is -1.07. The number of ether oxygens (including phenoxy) is 1. The Hall–Kier alpha value is -3.52. The van der Waals surface area contributed by atoms with Crippen LogP contribution in [0, 0.1) is 13.8 Å². The number of esters is 1. The van der Waals surface area contributed by atoms with Crippen LogP contribution in [0.1, 0.15) is 32.2 Å². The number of carbonyl (C=O) groups excluding carboxylic acids is 3. The van der Waals surface area contributed by atoms with Crippen LogP contribution in [-0.2, 0) is 27.4 Å². The topological polar surface area (TPSA) is 97.4 Å². The van der Waals surface area contributed by atoms with Crippen LogP contribution >= 0.6 is 11.3 Å². The van der Waals surface area contributed by atoms with Gasteiger partial charge in [-0.1, -0.05) is 35.4 Å². The molecule has 0 aliphatic heterocycles. The van der Waals surface area contributed by atoms with Crippen LogP contribution in [0.25, 0.3) is 0 Å². The Morgan fingerprint density at radius 1 is 1.03 bits per heavy atom. The van der Waals surface area contributed by atoms with Gasteiger partial charge in [-0.2, -0.15) is 0 Å². The van der Waals surface area contributed by atoms with Crippen LogP contribution in [0.15, 0.2) is 53.9 Å². The van der Waals surface area contributed by atoms with Crippen molar-refractivity contribution in [1.29, 1.82) is 0 Å². The minimum atomic E-state index is -0.562. The second-order valence-electron chi connectivity index (χ2n) is 7.04. The summed E-state index contributed by atoms with van der Waals surface area (Å²) in [4.78, 5) is 40.4. The second-order valence-corrected chi connectivity index (χ2v) is 7.98. The normalized spacial score (nSPS) is 10.4. The third kappa shape index (κ3) is 7.04.